The molecule has 0 radical (unpaired) electrons. The highest BCUT2D eigenvalue weighted by Gasteiger charge is 2.20. The summed E-state index contributed by atoms with van der Waals surface area (Å²) in [7, 11) is 0. The van der Waals surface area contributed by atoms with E-state index >= 15 is 0 Å². The van der Waals surface area contributed by atoms with Gasteiger partial charge in [-0.2, -0.15) is 0 Å². The van der Waals surface area contributed by atoms with E-state index in [-0.39, 0.29) is 19.0 Å². The van der Waals surface area contributed by atoms with E-state index in [1.54, 1.807) is 25.1 Å². The van der Waals surface area contributed by atoms with Crippen molar-refractivity contribution in [3.8, 4) is 11.5 Å². The zero-order chi connectivity index (χ0) is 13.6. The van der Waals surface area contributed by atoms with Crippen LogP contribution in [0.1, 0.15) is 19.4 Å². The third kappa shape index (κ3) is 3.45. The lowest BCUT2D eigenvalue weighted by Gasteiger charge is -2.18. The van der Waals surface area contributed by atoms with Crippen LogP contribution in [-0.2, 0) is 0 Å². The van der Waals surface area contributed by atoms with Gasteiger partial charge in [0.1, 0.15) is 5.54 Å². The van der Waals surface area contributed by atoms with Gasteiger partial charge in [0.15, 0.2) is 11.5 Å². The van der Waals surface area contributed by atoms with Crippen LogP contribution in [0.5, 0.6) is 11.5 Å². The molecule has 1 aromatic carbocycles. The predicted molar refractivity (Wildman–Crippen MR) is 69.4 cm³/mol. The number of hydrogen-bond acceptors (Lipinski definition) is 5. The number of aliphatic hydroxyl groups excluding tert-OH is 2. The van der Waals surface area contributed by atoms with Crippen molar-refractivity contribution in [2.45, 2.75) is 19.4 Å². The van der Waals surface area contributed by atoms with E-state index < -0.39 is 5.54 Å². The van der Waals surface area contributed by atoms with Gasteiger partial charge in [0.25, 0.3) is 0 Å². The first-order chi connectivity index (χ1) is 8.56. The van der Waals surface area contributed by atoms with Crippen LogP contribution in [0.25, 0.3) is 0 Å². The number of ether oxygens (including phenoxy) is 1. The summed E-state index contributed by atoms with van der Waals surface area (Å²) in [6.45, 7) is 3.36. The summed E-state index contributed by atoms with van der Waals surface area (Å²) in [6.07, 6.45) is 1.42. The summed E-state index contributed by atoms with van der Waals surface area (Å²) in [5.41, 5.74) is -0.470. The molecule has 0 saturated heterocycles. The zero-order valence-corrected chi connectivity index (χ0v) is 10.6. The zero-order valence-electron chi connectivity index (χ0n) is 10.6. The Bertz CT molecular complexity index is 413. The van der Waals surface area contributed by atoms with Crippen molar-refractivity contribution in [2.24, 2.45) is 4.99 Å². The summed E-state index contributed by atoms with van der Waals surface area (Å²) in [4.78, 5) is 4.08. The predicted octanol–water partition coefficient (Wildman–Crippen LogP) is 0.953. The van der Waals surface area contributed by atoms with Crippen molar-refractivity contribution < 1.29 is 20.1 Å². The summed E-state index contributed by atoms with van der Waals surface area (Å²) in [5, 5.41) is 28.1. The van der Waals surface area contributed by atoms with E-state index in [0.29, 0.717) is 17.9 Å². The molecule has 1 rings (SSSR count). The number of aliphatic imine (C=N–C) groups is 1. The Balaban J connectivity index is 2.97. The molecule has 0 spiro atoms. The maximum absolute atomic E-state index is 9.92. The molecular weight excluding hydrogens is 234 g/mol. The van der Waals surface area contributed by atoms with Crippen molar-refractivity contribution >= 4 is 6.21 Å². The molecule has 0 saturated carbocycles. The van der Waals surface area contributed by atoms with E-state index in [9.17, 15) is 5.11 Å². The molecule has 1 aromatic rings. The Hall–Kier alpha value is -1.59. The molecule has 3 N–H and O–H groups in total. The Morgan fingerprint density at radius 2 is 2.00 bits per heavy atom. The van der Waals surface area contributed by atoms with Crippen LogP contribution in [0.4, 0.5) is 0 Å². The van der Waals surface area contributed by atoms with Crippen LogP contribution in [0.3, 0.4) is 0 Å². The van der Waals surface area contributed by atoms with Gasteiger partial charge in [-0.15, -0.1) is 0 Å². The van der Waals surface area contributed by atoms with E-state index in [1.807, 2.05) is 6.92 Å². The van der Waals surface area contributed by atoms with Crippen LogP contribution in [0.15, 0.2) is 23.2 Å². The summed E-state index contributed by atoms with van der Waals surface area (Å²) in [5.74, 6) is 0.387. The number of nitrogens with zero attached hydrogens (tertiary/aromatic N) is 1. The number of para-hydroxylation sites is 1. The molecule has 5 nitrogen and oxygen atoms in total. The summed E-state index contributed by atoms with van der Waals surface area (Å²) < 4.78 is 5.25. The molecule has 0 fully saturated rings. The Kier molecular flexibility index (Phi) is 5.12. The van der Waals surface area contributed by atoms with Crippen LogP contribution < -0.4 is 4.74 Å². The van der Waals surface area contributed by atoms with Gasteiger partial charge < -0.3 is 20.1 Å². The lowest BCUT2D eigenvalue weighted by Crippen LogP contribution is -2.31. The average molecular weight is 253 g/mol. The van der Waals surface area contributed by atoms with Gasteiger partial charge in [-0.25, -0.2) is 0 Å². The largest absolute Gasteiger partial charge is 0.504 e. The summed E-state index contributed by atoms with van der Waals surface area (Å²) in [6, 6.07) is 5.07. The van der Waals surface area contributed by atoms with Crippen LogP contribution in [-0.4, -0.2) is 46.9 Å². The SMILES string of the molecule is CCOc1cccc(C=NC(C)(CO)CO)c1O. The molecule has 0 aliphatic heterocycles. The fourth-order valence-electron chi connectivity index (χ4n) is 1.27. The molecule has 0 atom stereocenters. The number of phenolic OH excluding ortho intramolecular Hbond substituents is 1. The minimum Gasteiger partial charge on any atom is -0.504 e. The van der Waals surface area contributed by atoms with Gasteiger partial charge in [0.2, 0.25) is 0 Å². The molecule has 18 heavy (non-hydrogen) atoms. The van der Waals surface area contributed by atoms with Gasteiger partial charge in [-0.05, 0) is 26.0 Å². The average Bonchev–Trinajstić information content (AvgIpc) is 2.39. The fraction of sp³-hybridized carbons (Fsp3) is 0.462. The summed E-state index contributed by atoms with van der Waals surface area (Å²) >= 11 is 0. The molecule has 0 heterocycles. The lowest BCUT2D eigenvalue weighted by atomic mass is 10.1. The second-order valence-electron chi connectivity index (χ2n) is 4.20. The Morgan fingerprint density at radius 1 is 1.33 bits per heavy atom. The van der Waals surface area contributed by atoms with Gasteiger partial charge in [0.05, 0.1) is 19.8 Å². The number of hydrogen-bond donors (Lipinski definition) is 3. The van der Waals surface area contributed by atoms with Crippen molar-refractivity contribution in [2.75, 3.05) is 19.8 Å². The minimum atomic E-state index is -0.950. The molecule has 0 amide bonds. The molecule has 0 aliphatic rings. The molecular formula is C13H19NO4. The standard InChI is InChI=1S/C13H19NO4/c1-3-18-11-6-4-5-10(12(11)17)7-14-13(2,8-15)9-16/h4-7,15-17H,3,8-9H2,1-2H3. The highest BCUT2D eigenvalue weighted by Crippen LogP contribution is 2.28. The van der Waals surface area contributed by atoms with Gasteiger partial charge in [-0.3, -0.25) is 4.99 Å². The van der Waals surface area contributed by atoms with Crippen molar-refractivity contribution in [1.82, 2.24) is 0 Å². The van der Waals surface area contributed by atoms with Crippen LogP contribution in [0.2, 0.25) is 0 Å². The molecule has 0 aromatic heterocycles. The molecule has 0 bridgehead atoms. The van der Waals surface area contributed by atoms with E-state index in [2.05, 4.69) is 4.99 Å². The molecule has 5 heteroatoms. The molecule has 100 valence electrons. The second-order valence-corrected chi connectivity index (χ2v) is 4.20. The third-order valence-corrected chi connectivity index (χ3v) is 2.53. The first-order valence-electron chi connectivity index (χ1n) is 5.78. The van der Waals surface area contributed by atoms with Crippen molar-refractivity contribution in [3.05, 3.63) is 23.8 Å². The fourth-order valence-corrected chi connectivity index (χ4v) is 1.27. The second kappa shape index (κ2) is 6.37. The third-order valence-electron chi connectivity index (χ3n) is 2.53. The monoisotopic (exact) mass is 253 g/mol. The molecule has 0 aliphatic carbocycles. The van der Waals surface area contributed by atoms with Gasteiger partial charge >= 0.3 is 0 Å². The maximum Gasteiger partial charge on any atom is 0.166 e. The number of aromatic hydroxyl groups is 1. The van der Waals surface area contributed by atoms with E-state index in [0.717, 1.165) is 0 Å². The van der Waals surface area contributed by atoms with E-state index in [4.69, 9.17) is 14.9 Å². The van der Waals surface area contributed by atoms with E-state index in [1.165, 1.54) is 6.21 Å². The maximum atomic E-state index is 9.92. The number of rotatable bonds is 6. The number of phenols is 1. The highest BCUT2D eigenvalue weighted by atomic mass is 16.5. The highest BCUT2D eigenvalue weighted by molar-refractivity contribution is 5.85. The van der Waals surface area contributed by atoms with Crippen LogP contribution >= 0.6 is 0 Å². The number of benzene rings is 1. The van der Waals surface area contributed by atoms with Gasteiger partial charge in [-0.1, -0.05) is 6.07 Å². The van der Waals surface area contributed by atoms with Gasteiger partial charge in [0, 0.05) is 11.8 Å². The van der Waals surface area contributed by atoms with Crippen molar-refractivity contribution in [3.63, 3.8) is 0 Å². The first-order valence-corrected chi connectivity index (χ1v) is 5.78. The number of aliphatic hydroxyl groups is 2. The Morgan fingerprint density at radius 3 is 2.56 bits per heavy atom. The minimum absolute atomic E-state index is 0.00123. The van der Waals surface area contributed by atoms with Crippen LogP contribution in [0, 0.1) is 0 Å². The Labute approximate surface area is 106 Å². The quantitative estimate of drug-likeness (QED) is 0.659. The topological polar surface area (TPSA) is 82.3 Å². The van der Waals surface area contributed by atoms with Crippen molar-refractivity contribution in [1.29, 1.82) is 0 Å². The lowest BCUT2D eigenvalue weighted by molar-refractivity contribution is 0.136. The smallest absolute Gasteiger partial charge is 0.166 e. The normalized spacial score (nSPS) is 12.0. The molecule has 0 unspecified atom stereocenters. The first kappa shape index (κ1) is 14.5.